The van der Waals surface area contributed by atoms with Crippen molar-refractivity contribution >= 4 is 35.5 Å². The molecule has 0 radical (unpaired) electrons. The van der Waals surface area contributed by atoms with E-state index in [-0.39, 0.29) is 50.1 Å². The van der Waals surface area contributed by atoms with Crippen LogP contribution in [-0.4, -0.2) is 72.2 Å². The predicted molar refractivity (Wildman–Crippen MR) is 161 cm³/mol. The topological polar surface area (TPSA) is 220 Å². The fourth-order valence-electron chi connectivity index (χ4n) is 5.27. The zero-order valence-corrected chi connectivity index (χ0v) is 25.9. The van der Waals surface area contributed by atoms with Gasteiger partial charge in [0, 0.05) is 19.0 Å². The van der Waals surface area contributed by atoms with Crippen molar-refractivity contribution in [3.63, 3.8) is 0 Å². The van der Waals surface area contributed by atoms with E-state index in [0.717, 1.165) is 32.1 Å². The maximum absolute atomic E-state index is 13.7. The van der Waals surface area contributed by atoms with Crippen molar-refractivity contribution in [2.45, 2.75) is 116 Å². The zero-order valence-electron chi connectivity index (χ0n) is 25.9. The van der Waals surface area contributed by atoms with Gasteiger partial charge in [0.05, 0.1) is 0 Å². The Balaban J connectivity index is 2.36. The third-order valence-electron chi connectivity index (χ3n) is 8.06. The summed E-state index contributed by atoms with van der Waals surface area (Å²) in [5.41, 5.74) is 4.15. The van der Waals surface area contributed by atoms with E-state index in [4.69, 9.17) is 11.0 Å². The van der Waals surface area contributed by atoms with E-state index in [1.807, 2.05) is 0 Å². The molecular formula is C29H49N9O5. The van der Waals surface area contributed by atoms with Crippen molar-refractivity contribution in [2.24, 2.45) is 22.6 Å². The summed E-state index contributed by atoms with van der Waals surface area (Å²) in [4.78, 5) is 70.5. The van der Waals surface area contributed by atoms with Gasteiger partial charge in [0.1, 0.15) is 23.7 Å². The van der Waals surface area contributed by atoms with Gasteiger partial charge in [-0.15, -0.1) is 0 Å². The summed E-state index contributed by atoms with van der Waals surface area (Å²) in [5.74, 6) is -2.54. The second-order valence-corrected chi connectivity index (χ2v) is 12.0. The first-order chi connectivity index (χ1) is 20.4. The average Bonchev–Trinajstić information content (AvgIpc) is 2.96. The lowest BCUT2D eigenvalue weighted by Gasteiger charge is -2.34. The van der Waals surface area contributed by atoms with Gasteiger partial charge >= 0.3 is 0 Å². The number of nitrogens with one attached hydrogen (secondary N) is 6. The normalized spacial score (nSPS) is 26.7. The lowest BCUT2D eigenvalue weighted by molar-refractivity contribution is -0.138. The molecule has 1 aliphatic heterocycles. The predicted octanol–water partition coefficient (Wildman–Crippen LogP) is 0.0376. The van der Waals surface area contributed by atoms with Crippen molar-refractivity contribution in [3.05, 3.63) is 0 Å². The van der Waals surface area contributed by atoms with E-state index in [1.165, 1.54) is 0 Å². The Bertz CT molecular complexity index is 1070. The smallest absolute Gasteiger partial charge is 0.246 e. The SMILES string of the molecule is CC[C@@H]1NC(=O)[C@H](CCCN=C(N)NC#N)NC(=O)[C@](C)(NC(=O)C(C)C)CCNC(=O)[C@@H](CC2CCCCC2)NC1=O. The summed E-state index contributed by atoms with van der Waals surface area (Å²) in [6.45, 7) is 6.95. The Labute approximate surface area is 254 Å². The van der Waals surface area contributed by atoms with Crippen molar-refractivity contribution in [3.8, 4) is 6.19 Å². The van der Waals surface area contributed by atoms with E-state index in [2.05, 4.69) is 36.9 Å². The van der Waals surface area contributed by atoms with Gasteiger partial charge in [-0.25, -0.2) is 0 Å². The largest absolute Gasteiger partial charge is 0.369 e. The van der Waals surface area contributed by atoms with E-state index in [0.29, 0.717) is 18.8 Å². The highest BCUT2D eigenvalue weighted by molar-refractivity contribution is 5.97. The molecule has 2 fully saturated rings. The molecule has 0 spiro atoms. The number of hydrogen-bond donors (Lipinski definition) is 7. The molecule has 14 nitrogen and oxygen atoms in total. The molecule has 0 aromatic heterocycles. The second-order valence-electron chi connectivity index (χ2n) is 12.0. The van der Waals surface area contributed by atoms with Gasteiger partial charge in [-0.05, 0) is 44.9 Å². The first-order valence-electron chi connectivity index (χ1n) is 15.4. The van der Waals surface area contributed by atoms with Crippen LogP contribution in [0.25, 0.3) is 0 Å². The Morgan fingerprint density at radius 1 is 1.05 bits per heavy atom. The third-order valence-corrected chi connectivity index (χ3v) is 8.06. The highest BCUT2D eigenvalue weighted by Gasteiger charge is 2.39. The molecule has 0 unspecified atom stereocenters. The van der Waals surface area contributed by atoms with Gasteiger partial charge in [0.25, 0.3) is 0 Å². The van der Waals surface area contributed by atoms with Crippen LogP contribution in [0.4, 0.5) is 0 Å². The van der Waals surface area contributed by atoms with Crippen LogP contribution in [0.1, 0.15) is 91.9 Å². The molecule has 240 valence electrons. The summed E-state index contributed by atoms with van der Waals surface area (Å²) in [6, 6.07) is -2.78. The van der Waals surface area contributed by atoms with E-state index in [1.54, 1.807) is 33.9 Å². The fraction of sp³-hybridized carbons (Fsp3) is 0.759. The number of nitrogens with zero attached hydrogens (tertiary/aromatic N) is 2. The first kappa shape index (κ1) is 35.3. The van der Waals surface area contributed by atoms with Crippen molar-refractivity contribution in [1.29, 1.82) is 5.26 Å². The molecule has 8 N–H and O–H groups in total. The van der Waals surface area contributed by atoms with Crippen LogP contribution < -0.4 is 37.6 Å². The van der Waals surface area contributed by atoms with Gasteiger partial charge in [0.15, 0.2) is 6.19 Å². The Hall–Kier alpha value is -3.89. The third kappa shape index (κ3) is 11.4. The Morgan fingerprint density at radius 2 is 1.70 bits per heavy atom. The number of carbonyl (C=O) groups is 5. The van der Waals surface area contributed by atoms with Gasteiger partial charge in [-0.1, -0.05) is 52.9 Å². The average molecular weight is 604 g/mol. The van der Waals surface area contributed by atoms with Crippen molar-refractivity contribution < 1.29 is 24.0 Å². The van der Waals surface area contributed by atoms with Crippen LogP contribution in [0, 0.1) is 23.3 Å². The number of rotatable bonds is 9. The molecule has 43 heavy (non-hydrogen) atoms. The molecule has 0 aromatic carbocycles. The number of nitrogens with two attached hydrogens (primary N) is 1. The molecule has 0 bridgehead atoms. The van der Waals surface area contributed by atoms with Gasteiger partial charge in [0.2, 0.25) is 35.5 Å². The molecule has 0 aromatic rings. The summed E-state index contributed by atoms with van der Waals surface area (Å²) in [6.07, 6.45) is 8.23. The van der Waals surface area contributed by atoms with Crippen LogP contribution in [-0.2, 0) is 24.0 Å². The van der Waals surface area contributed by atoms with Crippen LogP contribution in [0.3, 0.4) is 0 Å². The molecule has 1 saturated carbocycles. The molecular weight excluding hydrogens is 554 g/mol. The lowest BCUT2D eigenvalue weighted by atomic mass is 9.84. The highest BCUT2D eigenvalue weighted by Crippen LogP contribution is 2.27. The minimum Gasteiger partial charge on any atom is -0.369 e. The van der Waals surface area contributed by atoms with Crippen LogP contribution >= 0.6 is 0 Å². The van der Waals surface area contributed by atoms with E-state index in [9.17, 15) is 24.0 Å². The number of guanidine groups is 1. The number of aliphatic imine (C=N–C) groups is 1. The standard InChI is InChI=1S/C29H49N9O5/c1-5-20-25(41)36-22(16-19-10-7-6-8-11-19)24(40)32-15-13-29(4,38-23(39)18(2)3)27(43)37-21(26(42)35-20)12-9-14-33-28(31)34-17-30/h18-22H,5-16H2,1-4H3,(H,32,40)(H,35,42)(H,36,41)(H,37,43)(H,38,39)(H3,31,33,34)/t20-,21-,22+,29+/m0/s1. The highest BCUT2D eigenvalue weighted by atomic mass is 16.2. The molecule has 4 atom stereocenters. The van der Waals surface area contributed by atoms with Crippen molar-refractivity contribution in [1.82, 2.24) is 31.9 Å². The van der Waals surface area contributed by atoms with E-state index < -0.39 is 47.3 Å². The molecule has 2 rings (SSSR count). The lowest BCUT2D eigenvalue weighted by Crippen LogP contribution is -2.63. The van der Waals surface area contributed by atoms with Crippen LogP contribution in [0.2, 0.25) is 0 Å². The summed E-state index contributed by atoms with van der Waals surface area (Å²) >= 11 is 0. The Kier molecular flexibility index (Phi) is 14.2. The molecule has 2 aliphatic rings. The number of amides is 5. The number of hydrogen-bond acceptors (Lipinski definition) is 7. The molecule has 14 heteroatoms. The van der Waals surface area contributed by atoms with E-state index >= 15 is 0 Å². The zero-order chi connectivity index (χ0) is 32.0. The number of nitriles is 1. The Morgan fingerprint density at radius 3 is 2.33 bits per heavy atom. The maximum Gasteiger partial charge on any atom is 0.246 e. The quantitative estimate of drug-likeness (QED) is 0.0625. The summed E-state index contributed by atoms with van der Waals surface area (Å²) in [5, 5.41) is 24.9. The fourth-order valence-corrected chi connectivity index (χ4v) is 5.27. The van der Waals surface area contributed by atoms with Crippen LogP contribution in [0.5, 0.6) is 0 Å². The van der Waals surface area contributed by atoms with Gasteiger partial charge in [-0.3, -0.25) is 34.3 Å². The van der Waals surface area contributed by atoms with Gasteiger partial charge < -0.3 is 32.3 Å². The monoisotopic (exact) mass is 603 g/mol. The molecule has 5 amide bonds. The molecule has 1 heterocycles. The van der Waals surface area contributed by atoms with Crippen molar-refractivity contribution in [2.75, 3.05) is 13.1 Å². The maximum atomic E-state index is 13.7. The summed E-state index contributed by atoms with van der Waals surface area (Å²) < 4.78 is 0. The first-order valence-corrected chi connectivity index (χ1v) is 15.4. The summed E-state index contributed by atoms with van der Waals surface area (Å²) in [7, 11) is 0. The molecule has 1 aliphatic carbocycles. The second kappa shape index (κ2) is 17.3. The minimum absolute atomic E-state index is 0.0553. The minimum atomic E-state index is -1.44. The number of carbonyl (C=O) groups excluding carboxylic acids is 5. The molecule has 1 saturated heterocycles. The van der Waals surface area contributed by atoms with Gasteiger partial charge in [-0.2, -0.15) is 5.26 Å². The van der Waals surface area contributed by atoms with Crippen LogP contribution in [0.15, 0.2) is 4.99 Å².